The summed E-state index contributed by atoms with van der Waals surface area (Å²) in [6, 6.07) is 8.28. The van der Waals surface area contributed by atoms with Crippen molar-refractivity contribution in [3.05, 3.63) is 52.5 Å². The summed E-state index contributed by atoms with van der Waals surface area (Å²) in [5.41, 5.74) is 2.41. The summed E-state index contributed by atoms with van der Waals surface area (Å²) in [6.07, 6.45) is 4.45. The smallest absolute Gasteiger partial charge is 0.0921 e. The minimum atomic E-state index is 0.902. The quantitative estimate of drug-likeness (QED) is 0.854. The SMILES string of the molecule is Brc1cccc(Cc2cnc[nH]2)c1. The van der Waals surface area contributed by atoms with Crippen molar-refractivity contribution in [1.29, 1.82) is 0 Å². The van der Waals surface area contributed by atoms with Crippen molar-refractivity contribution in [3.8, 4) is 0 Å². The van der Waals surface area contributed by atoms with Crippen molar-refractivity contribution in [2.24, 2.45) is 0 Å². The second-order valence-electron chi connectivity index (χ2n) is 2.88. The Bertz CT molecular complexity index is 382. The van der Waals surface area contributed by atoms with E-state index in [2.05, 4.69) is 38.0 Å². The zero-order valence-corrected chi connectivity index (χ0v) is 8.58. The van der Waals surface area contributed by atoms with Crippen LogP contribution in [0.3, 0.4) is 0 Å². The van der Waals surface area contributed by atoms with Crippen LogP contribution in [0.4, 0.5) is 0 Å². The molecular weight excluding hydrogens is 228 g/mol. The molecule has 0 atom stereocenters. The molecule has 13 heavy (non-hydrogen) atoms. The number of benzene rings is 1. The maximum absolute atomic E-state index is 3.97. The van der Waals surface area contributed by atoms with Crippen LogP contribution in [0.5, 0.6) is 0 Å². The van der Waals surface area contributed by atoms with Gasteiger partial charge in [0.1, 0.15) is 0 Å². The number of rotatable bonds is 2. The van der Waals surface area contributed by atoms with Gasteiger partial charge in [-0.25, -0.2) is 4.98 Å². The third-order valence-electron chi connectivity index (χ3n) is 1.84. The highest BCUT2D eigenvalue weighted by atomic mass is 79.9. The Hall–Kier alpha value is -1.09. The van der Waals surface area contributed by atoms with Gasteiger partial charge in [-0.1, -0.05) is 28.1 Å². The lowest BCUT2D eigenvalue weighted by Gasteiger charge is -1.98. The van der Waals surface area contributed by atoms with E-state index in [1.165, 1.54) is 5.56 Å². The first kappa shape index (κ1) is 8.51. The molecule has 0 radical (unpaired) electrons. The van der Waals surface area contributed by atoms with Gasteiger partial charge in [0.2, 0.25) is 0 Å². The van der Waals surface area contributed by atoms with Gasteiger partial charge < -0.3 is 4.98 Å². The molecule has 2 nitrogen and oxygen atoms in total. The fourth-order valence-corrected chi connectivity index (χ4v) is 1.69. The van der Waals surface area contributed by atoms with Crippen LogP contribution in [0.15, 0.2) is 41.3 Å². The summed E-state index contributed by atoms with van der Waals surface area (Å²) in [5.74, 6) is 0. The summed E-state index contributed by atoms with van der Waals surface area (Å²) in [5, 5.41) is 0. The van der Waals surface area contributed by atoms with E-state index in [1.54, 1.807) is 6.33 Å². The third-order valence-corrected chi connectivity index (χ3v) is 2.33. The number of hydrogen-bond acceptors (Lipinski definition) is 1. The van der Waals surface area contributed by atoms with Crippen LogP contribution in [0.2, 0.25) is 0 Å². The minimum absolute atomic E-state index is 0.902. The molecule has 1 aromatic carbocycles. The topological polar surface area (TPSA) is 28.7 Å². The highest BCUT2D eigenvalue weighted by Gasteiger charge is 1.97. The summed E-state index contributed by atoms with van der Waals surface area (Å²) < 4.78 is 1.12. The largest absolute Gasteiger partial charge is 0.348 e. The maximum atomic E-state index is 3.97. The van der Waals surface area contributed by atoms with Crippen LogP contribution in [0.25, 0.3) is 0 Å². The van der Waals surface area contributed by atoms with Gasteiger partial charge in [-0.15, -0.1) is 0 Å². The molecule has 1 aromatic heterocycles. The minimum Gasteiger partial charge on any atom is -0.348 e. The molecule has 0 spiro atoms. The number of hydrogen-bond donors (Lipinski definition) is 1. The van der Waals surface area contributed by atoms with E-state index in [-0.39, 0.29) is 0 Å². The lowest BCUT2D eigenvalue weighted by molar-refractivity contribution is 1.10. The van der Waals surface area contributed by atoms with E-state index < -0.39 is 0 Å². The number of aromatic nitrogens is 2. The Kier molecular flexibility index (Phi) is 2.45. The molecule has 0 fully saturated rings. The normalized spacial score (nSPS) is 10.2. The number of nitrogens with one attached hydrogen (secondary N) is 1. The first-order valence-corrected chi connectivity index (χ1v) is 4.85. The van der Waals surface area contributed by atoms with E-state index in [0.29, 0.717) is 0 Å². The second kappa shape index (κ2) is 3.75. The monoisotopic (exact) mass is 236 g/mol. The average molecular weight is 237 g/mol. The molecule has 0 bridgehead atoms. The van der Waals surface area contributed by atoms with Crippen LogP contribution in [-0.2, 0) is 6.42 Å². The molecule has 2 aromatic rings. The number of halogens is 1. The predicted octanol–water partition coefficient (Wildman–Crippen LogP) is 2.76. The van der Waals surface area contributed by atoms with Crippen LogP contribution >= 0.6 is 15.9 Å². The van der Waals surface area contributed by atoms with E-state index in [0.717, 1.165) is 16.6 Å². The Morgan fingerprint density at radius 3 is 3.00 bits per heavy atom. The van der Waals surface area contributed by atoms with Crippen LogP contribution in [-0.4, -0.2) is 9.97 Å². The molecular formula is C10H9BrN2. The van der Waals surface area contributed by atoms with Crippen molar-refractivity contribution >= 4 is 15.9 Å². The molecule has 1 N–H and O–H groups in total. The molecule has 0 aliphatic rings. The standard InChI is InChI=1S/C10H9BrN2/c11-9-3-1-2-8(4-9)5-10-6-12-7-13-10/h1-4,6-7H,5H2,(H,12,13). The van der Waals surface area contributed by atoms with Gasteiger partial charge in [0.05, 0.1) is 6.33 Å². The molecule has 0 amide bonds. The second-order valence-corrected chi connectivity index (χ2v) is 3.80. The van der Waals surface area contributed by atoms with Gasteiger partial charge in [0.25, 0.3) is 0 Å². The Morgan fingerprint density at radius 2 is 2.31 bits per heavy atom. The van der Waals surface area contributed by atoms with Crippen molar-refractivity contribution in [3.63, 3.8) is 0 Å². The van der Waals surface area contributed by atoms with Gasteiger partial charge in [0, 0.05) is 22.8 Å². The summed E-state index contributed by atoms with van der Waals surface area (Å²) in [7, 11) is 0. The van der Waals surface area contributed by atoms with Gasteiger partial charge >= 0.3 is 0 Å². The van der Waals surface area contributed by atoms with Crippen LogP contribution < -0.4 is 0 Å². The Balaban J connectivity index is 2.19. The summed E-state index contributed by atoms with van der Waals surface area (Å²) in [6.45, 7) is 0. The van der Waals surface area contributed by atoms with E-state index in [1.807, 2.05) is 18.3 Å². The van der Waals surface area contributed by atoms with E-state index in [9.17, 15) is 0 Å². The highest BCUT2D eigenvalue weighted by Crippen LogP contribution is 2.13. The number of nitrogens with zero attached hydrogens (tertiary/aromatic N) is 1. The van der Waals surface area contributed by atoms with Crippen LogP contribution in [0, 0.1) is 0 Å². The van der Waals surface area contributed by atoms with E-state index in [4.69, 9.17) is 0 Å². The third kappa shape index (κ3) is 2.18. The zero-order valence-electron chi connectivity index (χ0n) is 7.00. The predicted molar refractivity (Wildman–Crippen MR) is 55.5 cm³/mol. The van der Waals surface area contributed by atoms with Crippen molar-refractivity contribution in [2.45, 2.75) is 6.42 Å². The van der Waals surface area contributed by atoms with Crippen LogP contribution in [0.1, 0.15) is 11.3 Å². The molecule has 0 aliphatic carbocycles. The fraction of sp³-hybridized carbons (Fsp3) is 0.100. The first-order chi connectivity index (χ1) is 6.34. The average Bonchev–Trinajstić information content (AvgIpc) is 2.57. The first-order valence-electron chi connectivity index (χ1n) is 4.06. The van der Waals surface area contributed by atoms with Crippen molar-refractivity contribution < 1.29 is 0 Å². The highest BCUT2D eigenvalue weighted by molar-refractivity contribution is 9.10. The van der Waals surface area contributed by atoms with Crippen molar-refractivity contribution in [1.82, 2.24) is 9.97 Å². The Morgan fingerprint density at radius 1 is 1.38 bits per heavy atom. The molecule has 0 saturated heterocycles. The number of imidazole rings is 1. The number of aromatic amines is 1. The molecule has 1 heterocycles. The number of H-pyrrole nitrogens is 1. The van der Waals surface area contributed by atoms with Crippen molar-refractivity contribution in [2.75, 3.05) is 0 Å². The molecule has 66 valence electrons. The lowest BCUT2D eigenvalue weighted by Crippen LogP contribution is -1.87. The van der Waals surface area contributed by atoms with Gasteiger partial charge in [0.15, 0.2) is 0 Å². The molecule has 3 heteroatoms. The summed E-state index contributed by atoms with van der Waals surface area (Å²) in [4.78, 5) is 7.05. The van der Waals surface area contributed by atoms with Gasteiger partial charge in [-0.2, -0.15) is 0 Å². The van der Waals surface area contributed by atoms with E-state index >= 15 is 0 Å². The van der Waals surface area contributed by atoms with Gasteiger partial charge in [-0.05, 0) is 17.7 Å². The molecule has 0 aliphatic heterocycles. The molecule has 2 rings (SSSR count). The maximum Gasteiger partial charge on any atom is 0.0921 e. The Labute approximate surface area is 85.1 Å². The molecule has 0 saturated carbocycles. The summed E-state index contributed by atoms with van der Waals surface area (Å²) >= 11 is 3.44. The lowest BCUT2D eigenvalue weighted by atomic mass is 10.1. The fourth-order valence-electron chi connectivity index (χ4n) is 1.25. The zero-order chi connectivity index (χ0) is 9.10. The van der Waals surface area contributed by atoms with Gasteiger partial charge in [-0.3, -0.25) is 0 Å². The molecule has 0 unspecified atom stereocenters.